The van der Waals surface area contributed by atoms with E-state index in [0.29, 0.717) is 6.54 Å². The Morgan fingerprint density at radius 2 is 2.15 bits per heavy atom. The van der Waals surface area contributed by atoms with Gasteiger partial charge in [-0.3, -0.25) is 14.6 Å². The zero-order valence-electron chi connectivity index (χ0n) is 14.1. The molecule has 1 aliphatic rings. The molecule has 0 unspecified atom stereocenters. The lowest BCUT2D eigenvalue weighted by molar-refractivity contribution is 0.0391. The van der Waals surface area contributed by atoms with Crippen molar-refractivity contribution in [3.63, 3.8) is 0 Å². The smallest absolute Gasteiger partial charge is 0.270 e. The minimum absolute atomic E-state index is 0.0198. The monoisotopic (exact) mass is 451 g/mol. The normalized spacial score (nSPS) is 15.4. The average Bonchev–Trinajstić information content (AvgIpc) is 3.32. The molecule has 1 aromatic carbocycles. The fourth-order valence-electron chi connectivity index (χ4n) is 2.89. The Labute approximate surface area is 168 Å². The molecule has 3 heterocycles. The van der Waals surface area contributed by atoms with Gasteiger partial charge in [0.05, 0.1) is 28.3 Å². The summed E-state index contributed by atoms with van der Waals surface area (Å²) in [5, 5.41) is 2.69. The molecule has 136 valence electrons. The number of amides is 1. The zero-order valence-corrected chi connectivity index (χ0v) is 17.3. The van der Waals surface area contributed by atoms with Crippen molar-refractivity contribution in [3.8, 4) is 0 Å². The van der Waals surface area contributed by atoms with Crippen LogP contribution in [0.5, 0.6) is 0 Å². The summed E-state index contributed by atoms with van der Waals surface area (Å²) in [5.74, 6) is 0.0198. The number of carbonyl (C=O) groups excluding carboxylic acids is 1. The van der Waals surface area contributed by atoms with E-state index in [1.165, 1.54) is 11.3 Å². The third-order valence-corrected chi connectivity index (χ3v) is 6.68. The second-order valence-electron chi connectivity index (χ2n) is 6.00. The number of hydrogen-bond acceptors (Lipinski definition) is 6. The van der Waals surface area contributed by atoms with Gasteiger partial charge in [-0.25, -0.2) is 4.98 Å². The standard InChI is InChI=1S/C18H18BrN3O2S2/c19-13-3-4-14-16(12-13)26-18(20-14)22(17(23)15-2-1-11-25-15)6-5-21-7-9-24-10-8-21/h1-4,11-12H,5-10H2. The first-order chi connectivity index (χ1) is 12.7. The minimum atomic E-state index is 0.0198. The van der Waals surface area contributed by atoms with Gasteiger partial charge in [-0.1, -0.05) is 33.3 Å². The predicted molar refractivity (Wildman–Crippen MR) is 111 cm³/mol. The summed E-state index contributed by atoms with van der Waals surface area (Å²) < 4.78 is 7.51. The van der Waals surface area contributed by atoms with E-state index in [1.807, 2.05) is 40.6 Å². The molecule has 26 heavy (non-hydrogen) atoms. The molecule has 0 N–H and O–H groups in total. The number of rotatable bonds is 5. The van der Waals surface area contributed by atoms with Crippen molar-refractivity contribution in [1.82, 2.24) is 9.88 Å². The summed E-state index contributed by atoms with van der Waals surface area (Å²) in [7, 11) is 0. The number of morpholine rings is 1. The fourth-order valence-corrected chi connectivity index (χ4v) is 5.10. The van der Waals surface area contributed by atoms with Crippen LogP contribution >= 0.6 is 38.6 Å². The number of halogens is 1. The number of anilines is 1. The Kier molecular flexibility index (Phi) is 5.66. The van der Waals surface area contributed by atoms with Crippen LogP contribution in [0.15, 0.2) is 40.2 Å². The van der Waals surface area contributed by atoms with E-state index in [1.54, 1.807) is 11.3 Å². The van der Waals surface area contributed by atoms with Gasteiger partial charge in [0.1, 0.15) is 0 Å². The van der Waals surface area contributed by atoms with Crippen LogP contribution in [-0.4, -0.2) is 55.2 Å². The lowest BCUT2D eigenvalue weighted by Crippen LogP contribution is -2.43. The lowest BCUT2D eigenvalue weighted by Gasteiger charge is -2.29. The van der Waals surface area contributed by atoms with E-state index in [4.69, 9.17) is 9.72 Å². The number of hydrogen-bond donors (Lipinski definition) is 0. The van der Waals surface area contributed by atoms with Gasteiger partial charge in [0.15, 0.2) is 5.13 Å². The number of carbonyl (C=O) groups is 1. The SMILES string of the molecule is O=C(c1cccs1)N(CCN1CCOCC1)c1nc2ccc(Br)cc2s1. The van der Waals surface area contributed by atoms with Gasteiger partial charge in [-0.15, -0.1) is 11.3 Å². The third-order valence-electron chi connectivity index (χ3n) is 4.29. The van der Waals surface area contributed by atoms with E-state index < -0.39 is 0 Å². The molecule has 4 rings (SSSR count). The van der Waals surface area contributed by atoms with E-state index in [-0.39, 0.29) is 5.91 Å². The topological polar surface area (TPSA) is 45.7 Å². The molecule has 1 aliphatic heterocycles. The Bertz CT molecular complexity index is 891. The second-order valence-corrected chi connectivity index (χ2v) is 8.87. The summed E-state index contributed by atoms with van der Waals surface area (Å²) in [6.07, 6.45) is 0. The van der Waals surface area contributed by atoms with E-state index in [2.05, 4.69) is 20.8 Å². The van der Waals surface area contributed by atoms with Crippen LogP contribution in [0.25, 0.3) is 10.2 Å². The average molecular weight is 452 g/mol. The largest absolute Gasteiger partial charge is 0.379 e. The molecule has 0 bridgehead atoms. The third kappa shape index (κ3) is 3.99. The number of nitrogens with zero attached hydrogens (tertiary/aromatic N) is 3. The van der Waals surface area contributed by atoms with Gasteiger partial charge in [0, 0.05) is 30.7 Å². The molecule has 0 radical (unpaired) electrons. The molecule has 8 heteroatoms. The summed E-state index contributed by atoms with van der Waals surface area (Å²) in [5.41, 5.74) is 0.920. The number of thiazole rings is 1. The van der Waals surface area contributed by atoms with Gasteiger partial charge in [-0.05, 0) is 29.6 Å². The van der Waals surface area contributed by atoms with Crippen molar-refractivity contribution in [2.75, 3.05) is 44.3 Å². The van der Waals surface area contributed by atoms with Gasteiger partial charge < -0.3 is 4.74 Å². The minimum Gasteiger partial charge on any atom is -0.379 e. The quantitative estimate of drug-likeness (QED) is 0.585. The second kappa shape index (κ2) is 8.14. The van der Waals surface area contributed by atoms with Gasteiger partial charge in [0.25, 0.3) is 5.91 Å². The van der Waals surface area contributed by atoms with Crippen LogP contribution in [0.3, 0.4) is 0 Å². The molecule has 1 saturated heterocycles. The maximum absolute atomic E-state index is 13.1. The van der Waals surface area contributed by atoms with Crippen molar-refractivity contribution in [2.45, 2.75) is 0 Å². The van der Waals surface area contributed by atoms with Crippen LogP contribution in [0.1, 0.15) is 9.67 Å². The maximum Gasteiger partial charge on any atom is 0.270 e. The molecular weight excluding hydrogens is 434 g/mol. The highest BCUT2D eigenvalue weighted by Crippen LogP contribution is 2.32. The van der Waals surface area contributed by atoms with Crippen LogP contribution in [-0.2, 0) is 4.74 Å². The Morgan fingerprint density at radius 3 is 2.92 bits per heavy atom. The number of thiophene rings is 1. The first-order valence-electron chi connectivity index (χ1n) is 8.42. The molecule has 0 saturated carbocycles. The summed E-state index contributed by atoms with van der Waals surface area (Å²) in [6.45, 7) is 4.78. The van der Waals surface area contributed by atoms with E-state index in [0.717, 1.165) is 57.5 Å². The lowest BCUT2D eigenvalue weighted by atomic mass is 10.3. The fraction of sp³-hybridized carbons (Fsp3) is 0.333. The first-order valence-corrected chi connectivity index (χ1v) is 10.9. The van der Waals surface area contributed by atoms with E-state index >= 15 is 0 Å². The molecular formula is C18H18BrN3O2S2. The Balaban J connectivity index is 1.60. The molecule has 3 aromatic rings. The molecule has 1 fully saturated rings. The summed E-state index contributed by atoms with van der Waals surface area (Å²) in [4.78, 5) is 22.7. The molecule has 0 atom stereocenters. The number of benzene rings is 1. The van der Waals surface area contributed by atoms with Gasteiger partial charge in [0.2, 0.25) is 0 Å². The van der Waals surface area contributed by atoms with Crippen LogP contribution in [0.4, 0.5) is 5.13 Å². The van der Waals surface area contributed by atoms with E-state index in [9.17, 15) is 4.79 Å². The Hall–Kier alpha value is -1.32. The summed E-state index contributed by atoms with van der Waals surface area (Å²) >= 11 is 6.53. The van der Waals surface area contributed by atoms with Crippen molar-refractivity contribution in [3.05, 3.63) is 45.1 Å². The molecule has 0 aliphatic carbocycles. The van der Waals surface area contributed by atoms with Crippen molar-refractivity contribution >= 4 is 59.9 Å². The van der Waals surface area contributed by atoms with Crippen LogP contribution < -0.4 is 4.90 Å². The highest BCUT2D eigenvalue weighted by atomic mass is 79.9. The van der Waals surface area contributed by atoms with Gasteiger partial charge >= 0.3 is 0 Å². The molecule has 0 spiro atoms. The Morgan fingerprint density at radius 1 is 1.31 bits per heavy atom. The molecule has 2 aromatic heterocycles. The van der Waals surface area contributed by atoms with Crippen molar-refractivity contribution in [2.24, 2.45) is 0 Å². The number of fused-ring (bicyclic) bond motifs is 1. The molecule has 5 nitrogen and oxygen atoms in total. The van der Waals surface area contributed by atoms with Crippen molar-refractivity contribution < 1.29 is 9.53 Å². The molecule has 1 amide bonds. The first kappa shape index (κ1) is 18.1. The number of ether oxygens (including phenoxy) is 1. The van der Waals surface area contributed by atoms with Crippen LogP contribution in [0, 0.1) is 0 Å². The number of aromatic nitrogens is 1. The van der Waals surface area contributed by atoms with Crippen LogP contribution in [0.2, 0.25) is 0 Å². The maximum atomic E-state index is 13.1. The van der Waals surface area contributed by atoms with Gasteiger partial charge in [-0.2, -0.15) is 0 Å². The highest BCUT2D eigenvalue weighted by molar-refractivity contribution is 9.10. The zero-order chi connectivity index (χ0) is 17.9. The predicted octanol–water partition coefficient (Wildman–Crippen LogP) is 4.10. The highest BCUT2D eigenvalue weighted by Gasteiger charge is 2.23. The van der Waals surface area contributed by atoms with Crippen molar-refractivity contribution in [1.29, 1.82) is 0 Å². The summed E-state index contributed by atoms with van der Waals surface area (Å²) in [6, 6.07) is 9.79.